The van der Waals surface area contributed by atoms with Crippen molar-refractivity contribution in [2.75, 3.05) is 26.2 Å². The van der Waals surface area contributed by atoms with E-state index in [0.717, 1.165) is 29.8 Å². The van der Waals surface area contributed by atoms with Crippen molar-refractivity contribution in [2.24, 2.45) is 0 Å². The summed E-state index contributed by atoms with van der Waals surface area (Å²) in [6.45, 7) is 15.8. The van der Waals surface area contributed by atoms with E-state index < -0.39 is 23.5 Å². The molecule has 1 N–H and O–H groups in total. The number of likely N-dealkylation sites (N-methyl/N-ethyl adjacent to an activating group) is 1. The van der Waals surface area contributed by atoms with Gasteiger partial charge >= 0.3 is 0 Å². The second-order valence-electron chi connectivity index (χ2n) is 11.8. The summed E-state index contributed by atoms with van der Waals surface area (Å²) < 4.78 is 5.94. The fourth-order valence-corrected chi connectivity index (χ4v) is 5.36. The van der Waals surface area contributed by atoms with E-state index in [1.54, 1.807) is 17.0 Å². The molecule has 3 aromatic carbocycles. The number of hydrogen-bond donors (Lipinski definition) is 1. The zero-order valence-electron chi connectivity index (χ0n) is 25.1. The first kappa shape index (κ1) is 30.1. The molecule has 1 fully saturated rings. The van der Waals surface area contributed by atoms with E-state index in [9.17, 15) is 14.7 Å². The molecule has 216 valence electrons. The zero-order chi connectivity index (χ0) is 29.7. The van der Waals surface area contributed by atoms with Crippen LogP contribution in [0.5, 0.6) is 5.75 Å². The van der Waals surface area contributed by atoms with Crippen LogP contribution in [0.25, 0.3) is 5.76 Å². The molecule has 1 atom stereocenters. The summed E-state index contributed by atoms with van der Waals surface area (Å²) in [4.78, 5) is 29.8. The van der Waals surface area contributed by atoms with Gasteiger partial charge in [0.25, 0.3) is 5.91 Å². The van der Waals surface area contributed by atoms with E-state index >= 15 is 0 Å². The predicted molar refractivity (Wildman–Crippen MR) is 160 cm³/mol. The van der Waals surface area contributed by atoms with Gasteiger partial charge < -0.3 is 19.6 Å². The fourth-order valence-electron chi connectivity index (χ4n) is 5.36. The number of likely N-dealkylation sites (tertiary alicyclic amines) is 1. The number of benzene rings is 3. The number of rotatable bonds is 10. The topological polar surface area (TPSA) is 74.1 Å². The van der Waals surface area contributed by atoms with Gasteiger partial charge in [0.1, 0.15) is 12.4 Å². The SMILES string of the molecule is CC[NH+](CC)CCN1C(=O)C(=O)/C(=C(/[O-])c2ccc(OCc3ccccc3)cc2C)C1c1ccc(C(C)(C)C)cc1. The molecule has 1 amide bonds. The summed E-state index contributed by atoms with van der Waals surface area (Å²) in [7, 11) is 0. The molecule has 6 nitrogen and oxygen atoms in total. The highest BCUT2D eigenvalue weighted by Gasteiger charge is 2.44. The Morgan fingerprint density at radius 2 is 1.61 bits per heavy atom. The molecular weight excluding hydrogens is 512 g/mol. The number of nitrogens with zero attached hydrogens (tertiary/aromatic N) is 1. The van der Waals surface area contributed by atoms with Gasteiger partial charge in [-0.25, -0.2) is 0 Å². The van der Waals surface area contributed by atoms with Crippen LogP contribution in [0.3, 0.4) is 0 Å². The molecular formula is C35H42N2O4. The molecule has 1 aliphatic rings. The first-order valence-electron chi connectivity index (χ1n) is 14.5. The molecule has 3 aromatic rings. The van der Waals surface area contributed by atoms with Crippen molar-refractivity contribution in [3.63, 3.8) is 0 Å². The van der Waals surface area contributed by atoms with E-state index in [2.05, 4.69) is 34.6 Å². The minimum Gasteiger partial charge on any atom is -0.872 e. The smallest absolute Gasteiger partial charge is 0.295 e. The number of nitrogens with one attached hydrogen (secondary N) is 1. The van der Waals surface area contributed by atoms with Gasteiger partial charge in [0, 0.05) is 5.57 Å². The van der Waals surface area contributed by atoms with E-state index in [-0.39, 0.29) is 11.0 Å². The zero-order valence-corrected chi connectivity index (χ0v) is 25.1. The Morgan fingerprint density at radius 1 is 0.951 bits per heavy atom. The van der Waals surface area contributed by atoms with Gasteiger partial charge in [0.05, 0.1) is 32.2 Å². The summed E-state index contributed by atoms with van der Waals surface area (Å²) in [5.41, 5.74) is 4.04. The lowest BCUT2D eigenvalue weighted by molar-refractivity contribution is -0.895. The van der Waals surface area contributed by atoms with Crippen molar-refractivity contribution in [1.82, 2.24) is 4.90 Å². The molecule has 1 saturated heterocycles. The molecule has 0 bridgehead atoms. The Labute approximate surface area is 244 Å². The van der Waals surface area contributed by atoms with Crippen molar-refractivity contribution in [3.05, 3.63) is 106 Å². The molecule has 4 rings (SSSR count). The number of amides is 1. The lowest BCUT2D eigenvalue weighted by Gasteiger charge is -2.29. The summed E-state index contributed by atoms with van der Waals surface area (Å²) in [5, 5.41) is 14.0. The number of Topliss-reactive ketones (excluding diaryl/α,β-unsaturated/α-hetero) is 1. The first-order chi connectivity index (χ1) is 19.5. The second kappa shape index (κ2) is 12.7. The molecule has 1 unspecified atom stereocenters. The number of hydrogen-bond acceptors (Lipinski definition) is 4. The van der Waals surface area contributed by atoms with Gasteiger partial charge in [-0.2, -0.15) is 0 Å². The van der Waals surface area contributed by atoms with E-state index in [0.29, 0.717) is 36.6 Å². The number of carbonyl (C=O) groups is 2. The third-order valence-electron chi connectivity index (χ3n) is 8.02. The Hall–Kier alpha value is -3.90. The average Bonchev–Trinajstić information content (AvgIpc) is 3.21. The normalized spacial score (nSPS) is 17.0. The van der Waals surface area contributed by atoms with Crippen molar-refractivity contribution in [3.8, 4) is 5.75 Å². The predicted octanol–water partition coefficient (Wildman–Crippen LogP) is 4.02. The Kier molecular flexibility index (Phi) is 9.34. The lowest BCUT2D eigenvalue weighted by Crippen LogP contribution is -3.12. The molecule has 41 heavy (non-hydrogen) atoms. The van der Waals surface area contributed by atoms with E-state index in [1.807, 2.05) is 67.6 Å². The standard InChI is InChI=1S/C35H42N2O4/c1-7-36(8-2)20-21-37-31(26-14-16-27(17-15-26)35(4,5)6)30(33(39)34(37)40)32(38)29-19-18-28(22-24(29)3)41-23-25-12-10-9-11-13-25/h9-19,22,31,38H,7-8,20-21,23H2,1-6H3/b32-30+. The van der Waals surface area contributed by atoms with Crippen LogP contribution in [0, 0.1) is 6.92 Å². The van der Waals surface area contributed by atoms with Crippen molar-refractivity contribution in [1.29, 1.82) is 0 Å². The maximum Gasteiger partial charge on any atom is 0.295 e. The molecule has 0 aromatic heterocycles. The van der Waals surface area contributed by atoms with Crippen LogP contribution in [0.4, 0.5) is 0 Å². The molecule has 0 radical (unpaired) electrons. The third kappa shape index (κ3) is 6.71. The van der Waals surface area contributed by atoms with Gasteiger partial charge in [-0.05, 0) is 66.1 Å². The molecule has 1 aliphatic heterocycles. The molecule has 1 heterocycles. The average molecular weight is 555 g/mol. The molecule has 6 heteroatoms. The van der Waals surface area contributed by atoms with Crippen LogP contribution >= 0.6 is 0 Å². The second-order valence-corrected chi connectivity index (χ2v) is 11.8. The summed E-state index contributed by atoms with van der Waals surface area (Å²) >= 11 is 0. The first-order valence-corrected chi connectivity index (χ1v) is 14.5. The van der Waals surface area contributed by atoms with Gasteiger partial charge in [-0.15, -0.1) is 0 Å². The van der Waals surface area contributed by atoms with Crippen LogP contribution in [-0.2, 0) is 21.6 Å². The quantitative estimate of drug-likeness (QED) is 0.233. The van der Waals surface area contributed by atoms with Gasteiger partial charge in [0.2, 0.25) is 5.78 Å². The van der Waals surface area contributed by atoms with Crippen LogP contribution < -0.4 is 14.7 Å². The van der Waals surface area contributed by atoms with E-state index in [1.165, 1.54) is 4.90 Å². The molecule has 0 aliphatic carbocycles. The number of ketones is 1. The minimum absolute atomic E-state index is 0.0223. The van der Waals surface area contributed by atoms with Crippen LogP contribution in [-0.4, -0.2) is 42.8 Å². The maximum atomic E-state index is 14.0. The van der Waals surface area contributed by atoms with Crippen molar-refractivity contribution in [2.45, 2.75) is 59.6 Å². The van der Waals surface area contributed by atoms with E-state index in [4.69, 9.17) is 4.74 Å². The Balaban J connectivity index is 1.72. The largest absolute Gasteiger partial charge is 0.872 e. The summed E-state index contributed by atoms with van der Waals surface area (Å²) in [5.74, 6) is -1.08. The van der Waals surface area contributed by atoms with Gasteiger partial charge in [-0.3, -0.25) is 9.59 Å². The highest BCUT2D eigenvalue weighted by molar-refractivity contribution is 6.46. The van der Waals surface area contributed by atoms with Crippen molar-refractivity contribution >= 4 is 17.4 Å². The number of aryl methyl sites for hydroxylation is 1. The van der Waals surface area contributed by atoms with Gasteiger partial charge in [-0.1, -0.05) is 87.2 Å². The maximum absolute atomic E-state index is 14.0. The fraction of sp³-hybridized carbons (Fsp3) is 0.371. The highest BCUT2D eigenvalue weighted by Crippen LogP contribution is 2.39. The minimum atomic E-state index is -0.722. The summed E-state index contributed by atoms with van der Waals surface area (Å²) in [6.07, 6.45) is 0. The Morgan fingerprint density at radius 3 is 2.20 bits per heavy atom. The summed E-state index contributed by atoms with van der Waals surface area (Å²) in [6, 6.07) is 22.4. The van der Waals surface area contributed by atoms with Gasteiger partial charge in [0.15, 0.2) is 0 Å². The molecule has 0 saturated carbocycles. The molecule has 0 spiro atoms. The van der Waals surface area contributed by atoms with Crippen LogP contribution in [0.2, 0.25) is 0 Å². The highest BCUT2D eigenvalue weighted by atomic mass is 16.5. The van der Waals surface area contributed by atoms with Crippen LogP contribution in [0.15, 0.2) is 78.4 Å². The number of carbonyl (C=O) groups excluding carboxylic acids is 2. The lowest BCUT2D eigenvalue weighted by atomic mass is 9.85. The Bertz CT molecular complexity index is 1400. The monoisotopic (exact) mass is 554 g/mol. The van der Waals surface area contributed by atoms with Crippen molar-refractivity contribution < 1.29 is 24.3 Å². The third-order valence-corrected chi connectivity index (χ3v) is 8.02. The van der Waals surface area contributed by atoms with Crippen LogP contribution in [0.1, 0.15) is 68.5 Å². The number of quaternary nitrogens is 1. The number of ether oxygens (including phenoxy) is 1.